The Hall–Kier alpha value is -1.31. The predicted octanol–water partition coefficient (Wildman–Crippen LogP) is 5.08. The van der Waals surface area contributed by atoms with Crippen molar-refractivity contribution in [1.82, 2.24) is 5.32 Å². The lowest BCUT2D eigenvalue weighted by molar-refractivity contribution is 0.473. The van der Waals surface area contributed by atoms with Crippen LogP contribution in [0, 0.1) is 11.7 Å². The Balaban J connectivity index is 2.36. The quantitative estimate of drug-likeness (QED) is 0.664. The fraction of sp³-hybridized carbons (Fsp3) is 0.556. The highest BCUT2D eigenvalue weighted by atomic mass is 19.1. The van der Waals surface area contributed by atoms with Gasteiger partial charge in [0.05, 0.1) is 0 Å². The first-order chi connectivity index (χ1) is 9.52. The third-order valence-corrected chi connectivity index (χ3v) is 3.58. The van der Waals surface area contributed by atoms with Crippen LogP contribution in [0.15, 0.2) is 36.5 Å². The van der Waals surface area contributed by atoms with E-state index in [1.165, 1.54) is 25.3 Å². The molecule has 0 saturated carbocycles. The highest BCUT2D eigenvalue weighted by Gasteiger charge is 2.09. The monoisotopic (exact) mass is 277 g/mol. The Kier molecular flexibility index (Phi) is 7.35. The molecule has 1 aromatic rings. The van der Waals surface area contributed by atoms with E-state index in [2.05, 4.69) is 32.7 Å². The number of hydrogen-bond donors (Lipinski definition) is 1. The van der Waals surface area contributed by atoms with Crippen LogP contribution in [-0.2, 0) is 6.42 Å². The van der Waals surface area contributed by atoms with E-state index < -0.39 is 0 Å². The maximum Gasteiger partial charge on any atom is 0.126 e. The number of nitrogens with one attached hydrogen (secondary N) is 1. The van der Waals surface area contributed by atoms with E-state index in [4.69, 9.17) is 0 Å². The van der Waals surface area contributed by atoms with E-state index in [1.807, 2.05) is 12.1 Å². The van der Waals surface area contributed by atoms with Crippen molar-refractivity contribution in [3.05, 3.63) is 47.9 Å². The molecule has 1 nitrogen and oxygen atoms in total. The van der Waals surface area contributed by atoms with Gasteiger partial charge in [-0.15, -0.1) is 0 Å². The van der Waals surface area contributed by atoms with Gasteiger partial charge in [0, 0.05) is 11.7 Å². The summed E-state index contributed by atoms with van der Waals surface area (Å²) in [5.74, 6) is 0.540. The van der Waals surface area contributed by atoms with E-state index in [1.54, 1.807) is 6.07 Å². The summed E-state index contributed by atoms with van der Waals surface area (Å²) < 4.78 is 13.6. The first kappa shape index (κ1) is 16.7. The average Bonchev–Trinajstić information content (AvgIpc) is 2.38. The third kappa shape index (κ3) is 6.23. The van der Waals surface area contributed by atoms with Crippen molar-refractivity contribution < 1.29 is 4.39 Å². The van der Waals surface area contributed by atoms with E-state index in [9.17, 15) is 4.39 Å². The van der Waals surface area contributed by atoms with Gasteiger partial charge in [0.15, 0.2) is 0 Å². The van der Waals surface area contributed by atoms with Crippen LogP contribution >= 0.6 is 0 Å². The Bertz CT molecular complexity index is 414. The van der Waals surface area contributed by atoms with E-state index >= 15 is 0 Å². The average molecular weight is 277 g/mol. The standard InChI is InChI=1S/C18H28FN/c1-5-6-9-14(2)12-15(3)20-16(4)13-17-10-7-8-11-18(17)19/h7-8,10-11,14,16,20H,3,5-6,9,12-13H2,1-2,4H3. The lowest BCUT2D eigenvalue weighted by Crippen LogP contribution is -2.28. The normalized spacial score (nSPS) is 13.8. The summed E-state index contributed by atoms with van der Waals surface area (Å²) in [6.45, 7) is 10.7. The number of halogens is 1. The molecule has 0 saturated heterocycles. The number of benzene rings is 1. The van der Waals surface area contributed by atoms with Gasteiger partial charge in [-0.3, -0.25) is 0 Å². The molecule has 2 unspecified atom stereocenters. The molecule has 2 atom stereocenters. The van der Waals surface area contributed by atoms with Crippen LogP contribution in [0.5, 0.6) is 0 Å². The Morgan fingerprint density at radius 3 is 2.65 bits per heavy atom. The van der Waals surface area contributed by atoms with Gasteiger partial charge in [-0.25, -0.2) is 4.39 Å². The van der Waals surface area contributed by atoms with Gasteiger partial charge in [-0.1, -0.05) is 57.9 Å². The van der Waals surface area contributed by atoms with E-state index in [-0.39, 0.29) is 11.9 Å². The third-order valence-electron chi connectivity index (χ3n) is 3.58. The molecule has 0 radical (unpaired) electrons. The highest BCUT2D eigenvalue weighted by molar-refractivity contribution is 5.18. The Morgan fingerprint density at radius 2 is 2.00 bits per heavy atom. The smallest absolute Gasteiger partial charge is 0.126 e. The van der Waals surface area contributed by atoms with Gasteiger partial charge in [0.1, 0.15) is 5.82 Å². The van der Waals surface area contributed by atoms with Crippen molar-refractivity contribution in [2.75, 3.05) is 0 Å². The molecule has 2 heteroatoms. The van der Waals surface area contributed by atoms with E-state index in [0.717, 1.165) is 17.7 Å². The minimum atomic E-state index is -0.122. The maximum atomic E-state index is 13.6. The molecule has 1 N–H and O–H groups in total. The van der Waals surface area contributed by atoms with Crippen LogP contribution in [0.2, 0.25) is 0 Å². The molecule has 112 valence electrons. The van der Waals surface area contributed by atoms with Gasteiger partial charge < -0.3 is 5.32 Å². The molecule has 0 heterocycles. The van der Waals surface area contributed by atoms with Crippen molar-refractivity contribution in [2.24, 2.45) is 5.92 Å². The maximum absolute atomic E-state index is 13.6. The summed E-state index contributed by atoms with van der Waals surface area (Å²) in [6.07, 6.45) is 5.46. The lowest BCUT2D eigenvalue weighted by Gasteiger charge is -2.20. The molecule has 0 aromatic heterocycles. The minimum absolute atomic E-state index is 0.122. The molecule has 0 aliphatic rings. The summed E-state index contributed by atoms with van der Waals surface area (Å²) in [7, 11) is 0. The van der Waals surface area contributed by atoms with Gasteiger partial charge in [-0.05, 0) is 37.3 Å². The largest absolute Gasteiger partial charge is 0.386 e. The fourth-order valence-electron chi connectivity index (χ4n) is 2.53. The zero-order chi connectivity index (χ0) is 15.0. The summed E-state index contributed by atoms with van der Waals surface area (Å²) in [6, 6.07) is 7.18. The van der Waals surface area contributed by atoms with Crippen LogP contribution in [0.3, 0.4) is 0 Å². The molecule has 1 aromatic carbocycles. The van der Waals surface area contributed by atoms with Gasteiger partial charge >= 0.3 is 0 Å². The molecule has 0 fully saturated rings. The Labute approximate surface area is 123 Å². The Morgan fingerprint density at radius 1 is 1.30 bits per heavy atom. The lowest BCUT2D eigenvalue weighted by atomic mass is 9.98. The van der Waals surface area contributed by atoms with Crippen molar-refractivity contribution in [3.63, 3.8) is 0 Å². The second kappa shape index (κ2) is 8.78. The first-order valence-corrected chi connectivity index (χ1v) is 7.70. The van der Waals surface area contributed by atoms with Crippen molar-refractivity contribution in [3.8, 4) is 0 Å². The number of unbranched alkanes of at least 4 members (excludes halogenated alkanes) is 1. The zero-order valence-corrected chi connectivity index (χ0v) is 13.1. The second-order valence-corrected chi connectivity index (χ2v) is 5.90. The molecular weight excluding hydrogens is 249 g/mol. The summed E-state index contributed by atoms with van der Waals surface area (Å²) in [4.78, 5) is 0. The van der Waals surface area contributed by atoms with Gasteiger partial charge in [0.25, 0.3) is 0 Å². The number of rotatable bonds is 9. The first-order valence-electron chi connectivity index (χ1n) is 7.70. The van der Waals surface area contributed by atoms with Gasteiger partial charge in [0.2, 0.25) is 0 Å². The topological polar surface area (TPSA) is 12.0 Å². The van der Waals surface area contributed by atoms with Gasteiger partial charge in [-0.2, -0.15) is 0 Å². The predicted molar refractivity (Wildman–Crippen MR) is 85.1 cm³/mol. The zero-order valence-electron chi connectivity index (χ0n) is 13.1. The van der Waals surface area contributed by atoms with Crippen LogP contribution < -0.4 is 5.32 Å². The van der Waals surface area contributed by atoms with Crippen LogP contribution in [0.1, 0.15) is 52.0 Å². The van der Waals surface area contributed by atoms with Crippen molar-refractivity contribution in [2.45, 2.75) is 58.9 Å². The van der Waals surface area contributed by atoms with Crippen LogP contribution in [0.4, 0.5) is 4.39 Å². The number of allylic oxidation sites excluding steroid dienone is 1. The molecule has 1 rings (SSSR count). The number of hydrogen-bond acceptors (Lipinski definition) is 1. The van der Waals surface area contributed by atoms with Crippen LogP contribution in [-0.4, -0.2) is 6.04 Å². The van der Waals surface area contributed by atoms with E-state index in [0.29, 0.717) is 12.3 Å². The SMILES string of the molecule is C=C(CC(C)CCCC)NC(C)Cc1ccccc1F. The summed E-state index contributed by atoms with van der Waals surface area (Å²) >= 11 is 0. The van der Waals surface area contributed by atoms with Crippen molar-refractivity contribution >= 4 is 0 Å². The molecule has 20 heavy (non-hydrogen) atoms. The molecule has 0 aliphatic heterocycles. The summed E-state index contributed by atoms with van der Waals surface area (Å²) in [5, 5.41) is 3.40. The molecule has 0 aliphatic carbocycles. The summed E-state index contributed by atoms with van der Waals surface area (Å²) in [5.41, 5.74) is 1.83. The molecule has 0 bridgehead atoms. The van der Waals surface area contributed by atoms with Crippen LogP contribution in [0.25, 0.3) is 0 Å². The highest BCUT2D eigenvalue weighted by Crippen LogP contribution is 2.16. The van der Waals surface area contributed by atoms with Crippen molar-refractivity contribution in [1.29, 1.82) is 0 Å². The second-order valence-electron chi connectivity index (χ2n) is 5.90. The minimum Gasteiger partial charge on any atom is -0.386 e. The molecular formula is C18H28FN. The molecule has 0 spiro atoms. The fourth-order valence-corrected chi connectivity index (χ4v) is 2.53. The molecule has 0 amide bonds.